The molecule has 5 N–H and O–H groups in total. The number of halogens is 1. The van der Waals surface area contributed by atoms with Crippen molar-refractivity contribution < 1.29 is 4.39 Å². The number of anilines is 1. The molecule has 2 aromatic rings. The molecule has 1 aromatic carbocycles. The van der Waals surface area contributed by atoms with Crippen LogP contribution >= 0.6 is 0 Å². The van der Waals surface area contributed by atoms with Crippen molar-refractivity contribution in [3.8, 4) is 6.07 Å². The van der Waals surface area contributed by atoms with Gasteiger partial charge in [0, 0.05) is 5.92 Å². The smallest absolute Gasteiger partial charge is 0.258 e. The quantitative estimate of drug-likeness (QED) is 0.714. The van der Waals surface area contributed by atoms with Crippen molar-refractivity contribution in [3.63, 3.8) is 0 Å². The maximum Gasteiger partial charge on any atom is 0.258 e. The number of nitrogens with two attached hydrogens (primary N) is 2. The number of amidine groups is 1. The van der Waals surface area contributed by atoms with Gasteiger partial charge >= 0.3 is 0 Å². The number of nitriles is 1. The van der Waals surface area contributed by atoms with Gasteiger partial charge in [0.1, 0.15) is 17.6 Å². The van der Waals surface area contributed by atoms with E-state index >= 15 is 0 Å². The van der Waals surface area contributed by atoms with Crippen molar-refractivity contribution in [2.75, 3.05) is 5.73 Å². The summed E-state index contributed by atoms with van der Waals surface area (Å²) in [5, 5.41) is 9.38. The van der Waals surface area contributed by atoms with Crippen LogP contribution in [0.4, 0.5) is 16.2 Å². The third-order valence-electron chi connectivity index (χ3n) is 3.52. The Morgan fingerprint density at radius 3 is 2.59 bits per heavy atom. The summed E-state index contributed by atoms with van der Waals surface area (Å²) in [5.74, 6) is -1.91. The summed E-state index contributed by atoms with van der Waals surface area (Å²) >= 11 is 0. The van der Waals surface area contributed by atoms with Gasteiger partial charge in [0.25, 0.3) is 5.56 Å². The van der Waals surface area contributed by atoms with Gasteiger partial charge in [0.2, 0.25) is 5.95 Å². The van der Waals surface area contributed by atoms with Gasteiger partial charge in [-0.25, -0.2) is 9.38 Å². The summed E-state index contributed by atoms with van der Waals surface area (Å²) in [7, 11) is 0. The number of aromatic nitrogens is 2. The topological polar surface area (TPSA) is 134 Å². The van der Waals surface area contributed by atoms with Crippen LogP contribution in [0.2, 0.25) is 0 Å². The number of hydrogen-bond acceptors (Lipinski definition) is 6. The fourth-order valence-electron chi connectivity index (χ4n) is 2.55. The predicted octanol–water partition coefficient (Wildman–Crippen LogP) is 0.765. The zero-order chi connectivity index (χ0) is 15.9. The number of H-pyrrole nitrogens is 1. The van der Waals surface area contributed by atoms with Crippen LogP contribution in [0.1, 0.15) is 17.0 Å². The second kappa shape index (κ2) is 4.96. The molecule has 2 heterocycles. The highest BCUT2D eigenvalue weighted by Gasteiger charge is 2.36. The summed E-state index contributed by atoms with van der Waals surface area (Å²) in [4.78, 5) is 22.6. The fourth-order valence-corrected chi connectivity index (χ4v) is 2.55. The highest BCUT2D eigenvalue weighted by atomic mass is 19.1. The summed E-state index contributed by atoms with van der Waals surface area (Å²) in [6.45, 7) is 0. The van der Waals surface area contributed by atoms with Crippen LogP contribution in [0.15, 0.2) is 34.1 Å². The number of benzene rings is 1. The molecule has 1 aliphatic heterocycles. The zero-order valence-electron chi connectivity index (χ0n) is 11.2. The third kappa shape index (κ3) is 2.09. The van der Waals surface area contributed by atoms with Gasteiger partial charge in [-0.05, 0) is 17.7 Å². The van der Waals surface area contributed by atoms with Crippen LogP contribution in [0.5, 0.6) is 0 Å². The number of nitrogen functional groups attached to an aromatic ring is 1. The van der Waals surface area contributed by atoms with Crippen molar-refractivity contribution in [2.45, 2.75) is 5.92 Å². The molecule has 0 bridgehead atoms. The minimum absolute atomic E-state index is 0.0434. The molecule has 0 saturated carbocycles. The van der Waals surface area contributed by atoms with Crippen LogP contribution < -0.4 is 17.0 Å². The number of hydrogen-bond donors (Lipinski definition) is 3. The average Bonchev–Trinajstić information content (AvgIpc) is 2.46. The van der Waals surface area contributed by atoms with E-state index in [1.54, 1.807) is 0 Å². The lowest BCUT2D eigenvalue weighted by Crippen LogP contribution is -2.35. The van der Waals surface area contributed by atoms with Crippen LogP contribution in [0.25, 0.3) is 0 Å². The van der Waals surface area contributed by atoms with E-state index in [4.69, 9.17) is 11.5 Å². The third-order valence-corrected chi connectivity index (χ3v) is 3.52. The van der Waals surface area contributed by atoms with Gasteiger partial charge in [-0.1, -0.05) is 12.1 Å². The van der Waals surface area contributed by atoms with E-state index in [1.165, 1.54) is 24.3 Å². The molecule has 0 fully saturated rings. The van der Waals surface area contributed by atoms with Crippen molar-refractivity contribution in [1.82, 2.24) is 9.97 Å². The highest BCUT2D eigenvalue weighted by Crippen LogP contribution is 2.38. The first kappa shape index (κ1) is 13.8. The first-order chi connectivity index (χ1) is 10.5. The van der Waals surface area contributed by atoms with E-state index in [9.17, 15) is 14.4 Å². The lowest BCUT2D eigenvalue weighted by molar-refractivity contribution is 0.624. The summed E-state index contributed by atoms with van der Waals surface area (Å²) in [6.07, 6.45) is 0. The number of nitrogens with one attached hydrogen (secondary N) is 1. The molecule has 7 nitrogen and oxygen atoms in total. The average molecular weight is 298 g/mol. The number of aliphatic imine (C=N–C) groups is 1. The first-order valence-electron chi connectivity index (χ1n) is 6.40. The van der Waals surface area contributed by atoms with Crippen LogP contribution in [-0.4, -0.2) is 15.8 Å². The molecule has 0 saturated heterocycles. The van der Waals surface area contributed by atoms with Crippen molar-refractivity contribution in [1.29, 1.82) is 5.26 Å². The van der Waals surface area contributed by atoms with Gasteiger partial charge in [0.05, 0.1) is 11.6 Å². The molecule has 0 unspecified atom stereocenters. The SMILES string of the molecule is N#C[C@H]1C(N)=Nc2nc(N)[nH]c(=O)c2[C@@H]1c1ccc(F)cc1. The molecule has 2 atom stereocenters. The maximum atomic E-state index is 13.1. The molecule has 0 spiro atoms. The molecule has 0 amide bonds. The van der Waals surface area contributed by atoms with Gasteiger partial charge < -0.3 is 11.5 Å². The number of aromatic amines is 1. The maximum absolute atomic E-state index is 13.1. The summed E-state index contributed by atoms with van der Waals surface area (Å²) in [6, 6.07) is 7.55. The van der Waals surface area contributed by atoms with E-state index < -0.39 is 23.2 Å². The van der Waals surface area contributed by atoms with E-state index in [0.29, 0.717) is 5.56 Å². The molecule has 8 heteroatoms. The standard InChI is InChI=1S/C14H11FN6O/c15-7-3-1-6(2-4-7)9-8(5-16)11(17)19-12-10(9)13(22)21-14(18)20-12/h1-4,8-9H,(H5,17,18,19,20,21,22)/t8-,9-/m1/s1. The van der Waals surface area contributed by atoms with Crippen LogP contribution in [0, 0.1) is 23.1 Å². The van der Waals surface area contributed by atoms with E-state index in [1.807, 2.05) is 6.07 Å². The molecule has 0 aliphatic carbocycles. The Hall–Kier alpha value is -3.21. The largest absolute Gasteiger partial charge is 0.386 e. The van der Waals surface area contributed by atoms with Crippen molar-refractivity contribution >= 4 is 17.6 Å². The van der Waals surface area contributed by atoms with E-state index in [2.05, 4.69) is 15.0 Å². The van der Waals surface area contributed by atoms with E-state index in [-0.39, 0.29) is 23.2 Å². The minimum atomic E-state index is -0.843. The highest BCUT2D eigenvalue weighted by molar-refractivity contribution is 5.91. The Kier molecular flexibility index (Phi) is 3.10. The predicted molar refractivity (Wildman–Crippen MR) is 77.9 cm³/mol. The molecule has 110 valence electrons. The molecular weight excluding hydrogens is 287 g/mol. The Morgan fingerprint density at radius 2 is 1.95 bits per heavy atom. The van der Waals surface area contributed by atoms with Gasteiger partial charge in [-0.3, -0.25) is 9.78 Å². The summed E-state index contributed by atoms with van der Waals surface area (Å²) < 4.78 is 13.1. The number of fused-ring (bicyclic) bond motifs is 1. The van der Waals surface area contributed by atoms with Crippen LogP contribution in [-0.2, 0) is 0 Å². The fraction of sp³-hybridized carbons (Fsp3) is 0.143. The lowest BCUT2D eigenvalue weighted by Gasteiger charge is -2.26. The second-order valence-corrected chi connectivity index (χ2v) is 4.86. The van der Waals surface area contributed by atoms with Crippen molar-refractivity contribution in [3.05, 3.63) is 51.6 Å². The normalized spacial score (nSPS) is 19.9. The van der Waals surface area contributed by atoms with Gasteiger partial charge in [0.15, 0.2) is 5.82 Å². The second-order valence-electron chi connectivity index (χ2n) is 4.86. The number of nitrogens with zero attached hydrogens (tertiary/aromatic N) is 3. The summed E-state index contributed by atoms with van der Waals surface area (Å²) in [5.41, 5.74) is 11.6. The first-order valence-corrected chi connectivity index (χ1v) is 6.40. The van der Waals surface area contributed by atoms with Crippen molar-refractivity contribution in [2.24, 2.45) is 16.6 Å². The molecule has 3 rings (SSSR count). The van der Waals surface area contributed by atoms with Gasteiger partial charge in [-0.2, -0.15) is 10.2 Å². The van der Waals surface area contributed by atoms with Gasteiger partial charge in [-0.15, -0.1) is 0 Å². The monoisotopic (exact) mass is 298 g/mol. The zero-order valence-corrected chi connectivity index (χ0v) is 11.2. The lowest BCUT2D eigenvalue weighted by atomic mass is 9.79. The molecule has 1 aliphatic rings. The molecule has 1 aromatic heterocycles. The Bertz CT molecular complexity index is 864. The molecule has 22 heavy (non-hydrogen) atoms. The van der Waals surface area contributed by atoms with E-state index in [0.717, 1.165) is 0 Å². The molecule has 0 radical (unpaired) electrons. The Morgan fingerprint density at radius 1 is 1.27 bits per heavy atom. The van der Waals surface area contributed by atoms with Crippen LogP contribution in [0.3, 0.4) is 0 Å². The Balaban J connectivity index is 2.28. The Labute approximate surface area is 124 Å². The molecular formula is C14H11FN6O. The minimum Gasteiger partial charge on any atom is -0.386 e. The number of rotatable bonds is 1.